The van der Waals surface area contributed by atoms with E-state index in [0.717, 1.165) is 23.5 Å². The van der Waals surface area contributed by atoms with Crippen LogP contribution < -0.4 is 11.3 Å². The number of nitrogens with two attached hydrogens (primary N) is 1. The highest BCUT2D eigenvalue weighted by Crippen LogP contribution is 2.28. The van der Waals surface area contributed by atoms with Gasteiger partial charge in [0.25, 0.3) is 5.56 Å². The zero-order chi connectivity index (χ0) is 16.3. The third-order valence-corrected chi connectivity index (χ3v) is 3.74. The molecule has 0 aliphatic carbocycles. The monoisotopic (exact) mass is 317 g/mol. The Morgan fingerprint density at radius 3 is 2.68 bits per heavy atom. The summed E-state index contributed by atoms with van der Waals surface area (Å²) in [5.41, 5.74) is 4.25. The van der Waals surface area contributed by atoms with Gasteiger partial charge in [0, 0.05) is 31.4 Å². The number of nitrogens with zero attached hydrogens (tertiary/aromatic N) is 2. The van der Waals surface area contributed by atoms with Gasteiger partial charge in [0.05, 0.1) is 5.56 Å². The lowest BCUT2D eigenvalue weighted by atomic mass is 10.1. The molecule has 2 heterocycles. The zero-order valence-corrected chi connectivity index (χ0v) is 12.0. The summed E-state index contributed by atoms with van der Waals surface area (Å²) in [6.07, 6.45) is -1.64. The van der Waals surface area contributed by atoms with Crippen molar-refractivity contribution < 1.29 is 18.0 Å². The van der Waals surface area contributed by atoms with Gasteiger partial charge < -0.3 is 15.2 Å². The molecule has 1 aliphatic heterocycles. The van der Waals surface area contributed by atoms with Crippen molar-refractivity contribution in [3.8, 4) is 0 Å². The second-order valence-electron chi connectivity index (χ2n) is 5.45. The van der Waals surface area contributed by atoms with Crippen molar-refractivity contribution in [1.82, 2.24) is 9.47 Å². The first kappa shape index (κ1) is 16.5. The molecule has 8 heteroatoms. The standard InChI is InChI=1S/C14H18F3N3O2/c15-14(16,17)10-3-4-12(21)20(8-10)9-13(22)19-6-1-2-11(18)5-7-19/h3-4,8,11H,1-2,5-7,9,18H2/t11-/m1/s1. The van der Waals surface area contributed by atoms with Crippen molar-refractivity contribution in [2.45, 2.75) is 38.0 Å². The zero-order valence-electron chi connectivity index (χ0n) is 12.0. The van der Waals surface area contributed by atoms with Crippen LogP contribution in [0.5, 0.6) is 0 Å². The number of hydrogen-bond donors (Lipinski definition) is 1. The summed E-state index contributed by atoms with van der Waals surface area (Å²) in [5, 5.41) is 0. The van der Waals surface area contributed by atoms with Crippen LogP contribution in [0, 0.1) is 0 Å². The van der Waals surface area contributed by atoms with Crippen molar-refractivity contribution in [1.29, 1.82) is 0 Å². The molecule has 1 fully saturated rings. The Morgan fingerprint density at radius 2 is 2.00 bits per heavy atom. The SMILES string of the molecule is N[C@@H]1CCCN(C(=O)Cn2cc(C(F)(F)F)ccc2=O)CC1. The largest absolute Gasteiger partial charge is 0.417 e. The Kier molecular flexibility index (Phi) is 4.90. The Hall–Kier alpha value is -1.83. The Bertz CT molecular complexity index is 598. The lowest BCUT2D eigenvalue weighted by Crippen LogP contribution is -2.37. The summed E-state index contributed by atoms with van der Waals surface area (Å²) in [6, 6.07) is 1.58. The maximum atomic E-state index is 12.7. The number of likely N-dealkylation sites (tertiary alicyclic amines) is 1. The van der Waals surface area contributed by atoms with Crippen molar-refractivity contribution in [2.75, 3.05) is 13.1 Å². The number of rotatable bonds is 2. The van der Waals surface area contributed by atoms with Crippen LogP contribution in [0.15, 0.2) is 23.1 Å². The van der Waals surface area contributed by atoms with E-state index >= 15 is 0 Å². The average Bonchev–Trinajstić information content (AvgIpc) is 2.64. The van der Waals surface area contributed by atoms with E-state index in [1.165, 1.54) is 0 Å². The second kappa shape index (κ2) is 6.51. The summed E-state index contributed by atoms with van der Waals surface area (Å²) in [7, 11) is 0. The lowest BCUT2D eigenvalue weighted by Gasteiger charge is -2.21. The first-order valence-electron chi connectivity index (χ1n) is 7.08. The average molecular weight is 317 g/mol. The lowest BCUT2D eigenvalue weighted by molar-refractivity contribution is -0.138. The fraction of sp³-hybridized carbons (Fsp3) is 0.571. The minimum Gasteiger partial charge on any atom is -0.341 e. The van der Waals surface area contributed by atoms with E-state index in [-0.39, 0.29) is 11.9 Å². The molecule has 2 rings (SSSR count). The van der Waals surface area contributed by atoms with Gasteiger partial charge >= 0.3 is 6.18 Å². The van der Waals surface area contributed by atoms with Crippen LogP contribution in [-0.2, 0) is 17.5 Å². The maximum Gasteiger partial charge on any atom is 0.417 e. The second-order valence-corrected chi connectivity index (χ2v) is 5.45. The van der Waals surface area contributed by atoms with Crippen LogP contribution in [0.2, 0.25) is 0 Å². The van der Waals surface area contributed by atoms with Gasteiger partial charge in [0.15, 0.2) is 0 Å². The highest BCUT2D eigenvalue weighted by atomic mass is 19.4. The predicted octanol–water partition coefficient (Wildman–Crippen LogP) is 1.21. The molecule has 1 atom stereocenters. The molecule has 0 unspecified atom stereocenters. The molecule has 0 spiro atoms. The number of pyridine rings is 1. The first-order valence-corrected chi connectivity index (χ1v) is 7.08. The van der Waals surface area contributed by atoms with E-state index in [1.807, 2.05) is 0 Å². The topological polar surface area (TPSA) is 68.3 Å². The Balaban J connectivity index is 2.12. The highest BCUT2D eigenvalue weighted by molar-refractivity contribution is 5.76. The molecule has 5 nitrogen and oxygen atoms in total. The summed E-state index contributed by atoms with van der Waals surface area (Å²) in [6.45, 7) is 0.589. The van der Waals surface area contributed by atoms with E-state index in [2.05, 4.69) is 0 Å². The molecule has 0 radical (unpaired) electrons. The van der Waals surface area contributed by atoms with Crippen LogP contribution in [0.25, 0.3) is 0 Å². The molecule has 2 N–H and O–H groups in total. The minimum absolute atomic E-state index is 0.0362. The molecule has 1 aromatic heterocycles. The van der Waals surface area contributed by atoms with Crippen LogP contribution in [0.4, 0.5) is 13.2 Å². The van der Waals surface area contributed by atoms with Crippen LogP contribution >= 0.6 is 0 Å². The van der Waals surface area contributed by atoms with E-state index in [1.54, 1.807) is 4.90 Å². The molecule has 22 heavy (non-hydrogen) atoms. The summed E-state index contributed by atoms with van der Waals surface area (Å²) in [4.78, 5) is 25.4. The number of hydrogen-bond acceptors (Lipinski definition) is 3. The number of carbonyl (C=O) groups is 1. The molecule has 1 saturated heterocycles. The maximum absolute atomic E-state index is 12.7. The van der Waals surface area contributed by atoms with Crippen molar-refractivity contribution >= 4 is 5.91 Å². The number of aromatic nitrogens is 1. The van der Waals surface area contributed by atoms with Crippen LogP contribution in [0.3, 0.4) is 0 Å². The quantitative estimate of drug-likeness (QED) is 0.891. The molecule has 1 amide bonds. The number of amides is 1. The summed E-state index contributed by atoms with van der Waals surface area (Å²) >= 11 is 0. The molecule has 0 bridgehead atoms. The molecule has 0 saturated carbocycles. The summed E-state index contributed by atoms with van der Waals surface area (Å²) in [5.74, 6) is -0.365. The Labute approximate surface area is 125 Å². The number of halogens is 3. The van der Waals surface area contributed by atoms with Gasteiger partial charge in [0.1, 0.15) is 6.54 Å². The third kappa shape index (κ3) is 4.09. The van der Waals surface area contributed by atoms with Gasteiger partial charge in [-0.05, 0) is 25.3 Å². The molecule has 1 aromatic rings. The fourth-order valence-electron chi connectivity index (χ4n) is 2.44. The van der Waals surface area contributed by atoms with E-state index in [4.69, 9.17) is 5.73 Å². The highest BCUT2D eigenvalue weighted by Gasteiger charge is 2.31. The van der Waals surface area contributed by atoms with E-state index in [0.29, 0.717) is 31.8 Å². The smallest absolute Gasteiger partial charge is 0.341 e. The third-order valence-electron chi connectivity index (χ3n) is 3.74. The van der Waals surface area contributed by atoms with E-state index in [9.17, 15) is 22.8 Å². The number of carbonyl (C=O) groups excluding carboxylic acids is 1. The van der Waals surface area contributed by atoms with Gasteiger partial charge in [-0.25, -0.2) is 0 Å². The van der Waals surface area contributed by atoms with Crippen molar-refractivity contribution in [3.63, 3.8) is 0 Å². The van der Waals surface area contributed by atoms with Gasteiger partial charge in [-0.1, -0.05) is 0 Å². The minimum atomic E-state index is -4.55. The number of alkyl halides is 3. The molecular weight excluding hydrogens is 299 g/mol. The molecule has 1 aliphatic rings. The Morgan fingerprint density at radius 1 is 1.27 bits per heavy atom. The fourth-order valence-corrected chi connectivity index (χ4v) is 2.44. The van der Waals surface area contributed by atoms with Gasteiger partial charge in [-0.2, -0.15) is 13.2 Å². The van der Waals surface area contributed by atoms with Crippen molar-refractivity contribution in [3.05, 3.63) is 34.2 Å². The normalized spacial score (nSPS) is 19.8. The van der Waals surface area contributed by atoms with Crippen molar-refractivity contribution in [2.24, 2.45) is 5.73 Å². The van der Waals surface area contributed by atoms with Gasteiger partial charge in [-0.3, -0.25) is 9.59 Å². The van der Waals surface area contributed by atoms with Gasteiger partial charge in [0.2, 0.25) is 5.91 Å². The van der Waals surface area contributed by atoms with Crippen LogP contribution in [-0.4, -0.2) is 34.5 Å². The predicted molar refractivity (Wildman–Crippen MR) is 74.1 cm³/mol. The first-order chi connectivity index (χ1) is 10.3. The van der Waals surface area contributed by atoms with Crippen LogP contribution in [0.1, 0.15) is 24.8 Å². The van der Waals surface area contributed by atoms with Gasteiger partial charge in [-0.15, -0.1) is 0 Å². The van der Waals surface area contributed by atoms with E-state index < -0.39 is 23.8 Å². The summed E-state index contributed by atoms with van der Waals surface area (Å²) < 4.78 is 38.8. The molecule has 0 aromatic carbocycles. The molecule has 122 valence electrons. The molecular formula is C14H18F3N3O2.